The van der Waals surface area contributed by atoms with Crippen LogP contribution in [0.1, 0.15) is 26.9 Å². The molecule has 3 heterocycles. The Hall–Kier alpha value is -1.66. The van der Waals surface area contributed by atoms with Crippen LogP contribution >= 0.6 is 34.3 Å². The van der Waals surface area contributed by atoms with E-state index in [1.54, 1.807) is 11.3 Å². The average molecular weight is 404 g/mol. The van der Waals surface area contributed by atoms with Crippen molar-refractivity contribution in [3.63, 3.8) is 0 Å². The first-order chi connectivity index (χ1) is 12.6. The SMILES string of the molecule is Cc1ccc(NC(=O)C[NH+]2CCc3sccc3[C@@H]2c2cccs2)c(Cl)c1. The van der Waals surface area contributed by atoms with E-state index in [1.807, 2.05) is 36.5 Å². The van der Waals surface area contributed by atoms with Gasteiger partial charge in [-0.1, -0.05) is 23.7 Å². The number of aryl methyl sites for hydroxylation is 1. The molecule has 0 saturated heterocycles. The van der Waals surface area contributed by atoms with Crippen LogP contribution in [0.5, 0.6) is 0 Å². The minimum atomic E-state index is 0.00555. The van der Waals surface area contributed by atoms with E-state index in [2.05, 4.69) is 34.3 Å². The summed E-state index contributed by atoms with van der Waals surface area (Å²) in [7, 11) is 0. The van der Waals surface area contributed by atoms with Crippen molar-refractivity contribution >= 4 is 45.9 Å². The monoisotopic (exact) mass is 403 g/mol. The number of hydrogen-bond acceptors (Lipinski definition) is 3. The van der Waals surface area contributed by atoms with Crippen LogP contribution in [0, 0.1) is 6.92 Å². The van der Waals surface area contributed by atoms with Gasteiger partial charge in [0, 0.05) is 16.9 Å². The molecule has 6 heteroatoms. The Morgan fingerprint density at radius 1 is 1.27 bits per heavy atom. The van der Waals surface area contributed by atoms with Crippen molar-refractivity contribution in [2.24, 2.45) is 0 Å². The normalized spacial score (nSPS) is 19.2. The molecule has 134 valence electrons. The van der Waals surface area contributed by atoms with Gasteiger partial charge in [0.25, 0.3) is 5.91 Å². The molecule has 2 atom stereocenters. The number of carbonyl (C=O) groups is 1. The molecule has 2 aromatic heterocycles. The molecule has 3 nitrogen and oxygen atoms in total. The quantitative estimate of drug-likeness (QED) is 0.679. The van der Waals surface area contributed by atoms with Crippen molar-refractivity contribution < 1.29 is 9.69 Å². The fourth-order valence-corrected chi connectivity index (χ4v) is 5.68. The number of benzene rings is 1. The standard InChI is InChI=1S/C20H19ClN2OS2/c1-13-4-5-16(15(21)11-13)22-19(24)12-23-8-6-17-14(7-10-26-17)20(23)18-3-2-9-25-18/h2-5,7,9-11,20H,6,8,12H2,1H3,(H,22,24)/p+1/t20-/m1/s1. The second kappa shape index (κ2) is 7.53. The van der Waals surface area contributed by atoms with E-state index in [1.165, 1.54) is 20.2 Å². The van der Waals surface area contributed by atoms with Gasteiger partial charge in [0.15, 0.2) is 6.54 Å². The van der Waals surface area contributed by atoms with Crippen LogP contribution in [-0.2, 0) is 11.2 Å². The average Bonchev–Trinajstić information content (AvgIpc) is 3.28. The fraction of sp³-hybridized carbons (Fsp3) is 0.250. The summed E-state index contributed by atoms with van der Waals surface area (Å²) >= 11 is 9.85. The van der Waals surface area contributed by atoms with Gasteiger partial charge in [-0.25, -0.2) is 0 Å². The van der Waals surface area contributed by atoms with Gasteiger partial charge in [-0.3, -0.25) is 4.79 Å². The molecule has 2 N–H and O–H groups in total. The molecular weight excluding hydrogens is 384 g/mol. The lowest BCUT2D eigenvalue weighted by Gasteiger charge is -2.31. The highest BCUT2D eigenvalue weighted by Gasteiger charge is 2.35. The van der Waals surface area contributed by atoms with Gasteiger partial charge >= 0.3 is 0 Å². The second-order valence-electron chi connectivity index (χ2n) is 6.61. The minimum Gasteiger partial charge on any atom is -0.320 e. The number of quaternary nitrogens is 1. The second-order valence-corrected chi connectivity index (χ2v) is 9.00. The molecule has 3 aromatic rings. The molecule has 0 fully saturated rings. The van der Waals surface area contributed by atoms with Crippen LogP contribution in [0.4, 0.5) is 5.69 Å². The van der Waals surface area contributed by atoms with Gasteiger partial charge in [0.05, 0.1) is 22.1 Å². The largest absolute Gasteiger partial charge is 0.320 e. The molecule has 0 radical (unpaired) electrons. The maximum atomic E-state index is 12.7. The Kier molecular flexibility index (Phi) is 5.14. The number of fused-ring (bicyclic) bond motifs is 1. The summed E-state index contributed by atoms with van der Waals surface area (Å²) in [5, 5.41) is 7.85. The summed E-state index contributed by atoms with van der Waals surface area (Å²) in [6.45, 7) is 3.38. The Morgan fingerprint density at radius 2 is 2.15 bits per heavy atom. The molecule has 1 aliphatic rings. The molecule has 1 aliphatic heterocycles. The topological polar surface area (TPSA) is 33.5 Å². The highest BCUT2D eigenvalue weighted by Crippen LogP contribution is 2.31. The molecular formula is C20H20ClN2OS2+. The van der Waals surface area contributed by atoms with E-state index in [4.69, 9.17) is 11.6 Å². The third-order valence-electron chi connectivity index (χ3n) is 4.79. The van der Waals surface area contributed by atoms with E-state index >= 15 is 0 Å². The summed E-state index contributed by atoms with van der Waals surface area (Å²) in [6.07, 6.45) is 1.03. The number of halogens is 1. The van der Waals surface area contributed by atoms with E-state index in [0.29, 0.717) is 17.3 Å². The van der Waals surface area contributed by atoms with Crippen LogP contribution < -0.4 is 10.2 Å². The van der Waals surface area contributed by atoms with Crippen molar-refractivity contribution in [2.75, 3.05) is 18.4 Å². The number of anilines is 1. The maximum Gasteiger partial charge on any atom is 0.279 e. The fourth-order valence-electron chi connectivity index (χ4n) is 3.57. The van der Waals surface area contributed by atoms with E-state index in [-0.39, 0.29) is 11.9 Å². The van der Waals surface area contributed by atoms with Gasteiger partial charge in [-0.15, -0.1) is 22.7 Å². The highest BCUT2D eigenvalue weighted by molar-refractivity contribution is 7.10. The predicted octanol–water partition coefficient (Wildman–Crippen LogP) is 3.94. The first kappa shape index (κ1) is 17.7. The Bertz CT molecular complexity index is 920. The van der Waals surface area contributed by atoms with Crippen molar-refractivity contribution in [3.05, 3.63) is 73.1 Å². The third kappa shape index (κ3) is 3.58. The number of thiophene rings is 2. The summed E-state index contributed by atoms with van der Waals surface area (Å²) in [4.78, 5) is 16.8. The van der Waals surface area contributed by atoms with Crippen molar-refractivity contribution in [2.45, 2.75) is 19.4 Å². The Labute approximate surface area is 166 Å². The van der Waals surface area contributed by atoms with E-state index < -0.39 is 0 Å². The molecule has 0 saturated carbocycles. The minimum absolute atomic E-state index is 0.00555. The molecule has 26 heavy (non-hydrogen) atoms. The first-order valence-electron chi connectivity index (χ1n) is 8.62. The number of hydrogen-bond donors (Lipinski definition) is 2. The zero-order valence-electron chi connectivity index (χ0n) is 14.4. The number of amides is 1. The summed E-state index contributed by atoms with van der Waals surface area (Å²) in [5.41, 5.74) is 3.14. The first-order valence-corrected chi connectivity index (χ1v) is 10.8. The van der Waals surface area contributed by atoms with Crippen LogP contribution in [0.2, 0.25) is 5.02 Å². The van der Waals surface area contributed by atoms with Crippen molar-refractivity contribution in [1.29, 1.82) is 0 Å². The van der Waals surface area contributed by atoms with E-state index in [0.717, 1.165) is 18.5 Å². The lowest BCUT2D eigenvalue weighted by atomic mass is 9.98. The highest BCUT2D eigenvalue weighted by atomic mass is 35.5. The molecule has 0 bridgehead atoms. The van der Waals surface area contributed by atoms with Gasteiger partial charge in [-0.2, -0.15) is 0 Å². The molecule has 1 aromatic carbocycles. The number of carbonyl (C=O) groups excluding carboxylic acids is 1. The number of rotatable bonds is 4. The molecule has 1 amide bonds. The zero-order valence-corrected chi connectivity index (χ0v) is 16.8. The third-order valence-corrected chi connectivity index (χ3v) is 7.03. The lowest BCUT2D eigenvalue weighted by Crippen LogP contribution is -3.14. The van der Waals surface area contributed by atoms with Crippen LogP contribution in [0.25, 0.3) is 0 Å². The Morgan fingerprint density at radius 3 is 2.92 bits per heavy atom. The van der Waals surface area contributed by atoms with Crippen LogP contribution in [0.15, 0.2) is 47.2 Å². The lowest BCUT2D eigenvalue weighted by molar-refractivity contribution is -0.919. The smallest absolute Gasteiger partial charge is 0.279 e. The van der Waals surface area contributed by atoms with Gasteiger partial charge in [0.2, 0.25) is 0 Å². The van der Waals surface area contributed by atoms with Gasteiger partial charge < -0.3 is 10.2 Å². The summed E-state index contributed by atoms with van der Waals surface area (Å²) < 4.78 is 0. The van der Waals surface area contributed by atoms with Crippen LogP contribution in [-0.4, -0.2) is 19.0 Å². The predicted molar refractivity (Wildman–Crippen MR) is 110 cm³/mol. The zero-order chi connectivity index (χ0) is 18.1. The van der Waals surface area contributed by atoms with Gasteiger partial charge in [-0.05, 0) is 47.5 Å². The molecule has 0 spiro atoms. The maximum absolute atomic E-state index is 12.7. The summed E-state index contributed by atoms with van der Waals surface area (Å²) in [5.74, 6) is 0.00555. The van der Waals surface area contributed by atoms with E-state index in [9.17, 15) is 4.79 Å². The van der Waals surface area contributed by atoms with Crippen molar-refractivity contribution in [1.82, 2.24) is 0 Å². The van der Waals surface area contributed by atoms with Crippen molar-refractivity contribution in [3.8, 4) is 0 Å². The molecule has 4 rings (SSSR count). The van der Waals surface area contributed by atoms with Crippen LogP contribution in [0.3, 0.4) is 0 Å². The molecule has 0 aliphatic carbocycles. The number of nitrogens with one attached hydrogen (secondary N) is 2. The summed E-state index contributed by atoms with van der Waals surface area (Å²) in [6, 6.07) is 12.4. The Balaban J connectivity index is 1.54. The van der Waals surface area contributed by atoms with Gasteiger partial charge in [0.1, 0.15) is 6.04 Å². The molecule has 1 unspecified atom stereocenters.